The van der Waals surface area contributed by atoms with Gasteiger partial charge in [0.1, 0.15) is 5.75 Å². The summed E-state index contributed by atoms with van der Waals surface area (Å²) in [6, 6.07) is 5.93. The highest BCUT2D eigenvalue weighted by molar-refractivity contribution is 9.10. The van der Waals surface area contributed by atoms with Crippen molar-refractivity contribution in [1.29, 1.82) is 0 Å². The molecule has 2 heterocycles. The number of nitrogens with two attached hydrogens (primary N) is 1. The second kappa shape index (κ2) is 5.55. The van der Waals surface area contributed by atoms with E-state index in [0.717, 1.165) is 32.9 Å². The van der Waals surface area contributed by atoms with E-state index >= 15 is 0 Å². The zero-order chi connectivity index (χ0) is 14.1. The van der Waals surface area contributed by atoms with Gasteiger partial charge in [0.15, 0.2) is 4.96 Å². The number of benzene rings is 1. The van der Waals surface area contributed by atoms with Crippen molar-refractivity contribution in [3.63, 3.8) is 0 Å². The molecule has 0 unspecified atom stereocenters. The Morgan fingerprint density at radius 1 is 1.45 bits per heavy atom. The Bertz CT molecular complexity index is 750. The summed E-state index contributed by atoms with van der Waals surface area (Å²) in [6.07, 6.45) is 2.74. The minimum Gasteiger partial charge on any atom is -0.437 e. The number of fused-ring (bicyclic) bond motifs is 1. The van der Waals surface area contributed by atoms with Crippen LogP contribution in [0, 0.1) is 6.92 Å². The van der Waals surface area contributed by atoms with E-state index in [-0.39, 0.29) is 0 Å². The summed E-state index contributed by atoms with van der Waals surface area (Å²) in [7, 11) is 0. The summed E-state index contributed by atoms with van der Waals surface area (Å²) >= 11 is 5.04. The number of thiazole rings is 1. The normalized spacial score (nSPS) is 11.2. The van der Waals surface area contributed by atoms with Gasteiger partial charge in [-0.1, -0.05) is 15.9 Å². The summed E-state index contributed by atoms with van der Waals surface area (Å²) in [5.41, 5.74) is 7.78. The van der Waals surface area contributed by atoms with Gasteiger partial charge in [-0.25, -0.2) is 0 Å². The van der Waals surface area contributed by atoms with Gasteiger partial charge >= 0.3 is 0 Å². The van der Waals surface area contributed by atoms with Crippen molar-refractivity contribution < 1.29 is 4.74 Å². The van der Waals surface area contributed by atoms with Crippen LogP contribution in [0.1, 0.15) is 11.3 Å². The Balaban J connectivity index is 2.01. The molecule has 0 aliphatic heterocycles. The standard InChI is InChI=1S/C14H14BrN3OS/c1-9-8-10(15)2-3-12(9)19-13-11(4-5-16)18-6-7-20-14(18)17-13/h2-3,6-8H,4-5,16H2,1H3. The lowest BCUT2D eigenvalue weighted by molar-refractivity contribution is 0.455. The van der Waals surface area contributed by atoms with Crippen molar-refractivity contribution >= 4 is 32.2 Å². The van der Waals surface area contributed by atoms with Crippen molar-refractivity contribution in [1.82, 2.24) is 9.38 Å². The molecule has 0 saturated carbocycles. The zero-order valence-electron chi connectivity index (χ0n) is 11.0. The van der Waals surface area contributed by atoms with Gasteiger partial charge in [0.05, 0.1) is 5.69 Å². The molecular weight excluding hydrogens is 338 g/mol. The second-order valence-electron chi connectivity index (χ2n) is 4.47. The number of hydrogen-bond acceptors (Lipinski definition) is 4. The molecule has 0 saturated heterocycles. The van der Waals surface area contributed by atoms with Crippen LogP contribution in [0.4, 0.5) is 0 Å². The largest absolute Gasteiger partial charge is 0.437 e. The van der Waals surface area contributed by atoms with Gasteiger partial charge in [0.25, 0.3) is 0 Å². The molecule has 0 amide bonds. The monoisotopic (exact) mass is 351 g/mol. The molecule has 0 aliphatic rings. The van der Waals surface area contributed by atoms with Gasteiger partial charge in [-0.05, 0) is 37.2 Å². The van der Waals surface area contributed by atoms with Gasteiger partial charge < -0.3 is 10.5 Å². The van der Waals surface area contributed by atoms with E-state index in [4.69, 9.17) is 10.5 Å². The summed E-state index contributed by atoms with van der Waals surface area (Å²) < 4.78 is 9.07. The van der Waals surface area contributed by atoms with E-state index in [1.54, 1.807) is 11.3 Å². The molecule has 0 radical (unpaired) electrons. The molecule has 20 heavy (non-hydrogen) atoms. The third-order valence-corrected chi connectivity index (χ3v) is 4.30. The van der Waals surface area contributed by atoms with Gasteiger partial charge in [0, 0.05) is 22.5 Å². The van der Waals surface area contributed by atoms with E-state index in [1.807, 2.05) is 41.1 Å². The van der Waals surface area contributed by atoms with Crippen LogP contribution in [0.3, 0.4) is 0 Å². The Morgan fingerprint density at radius 3 is 3.05 bits per heavy atom. The number of aryl methyl sites for hydroxylation is 1. The average Bonchev–Trinajstić information content (AvgIpc) is 2.96. The first kappa shape index (κ1) is 13.6. The third-order valence-electron chi connectivity index (χ3n) is 3.05. The van der Waals surface area contributed by atoms with Crippen LogP contribution in [0.15, 0.2) is 34.2 Å². The van der Waals surface area contributed by atoms with Crippen molar-refractivity contribution in [2.45, 2.75) is 13.3 Å². The van der Waals surface area contributed by atoms with Crippen molar-refractivity contribution in [3.8, 4) is 11.6 Å². The Labute approximate surface area is 129 Å². The second-order valence-corrected chi connectivity index (χ2v) is 6.26. The van der Waals surface area contributed by atoms with Crippen LogP contribution in [-0.4, -0.2) is 15.9 Å². The first-order valence-electron chi connectivity index (χ1n) is 6.27. The quantitative estimate of drug-likeness (QED) is 0.778. The van der Waals surface area contributed by atoms with Crippen LogP contribution in [-0.2, 0) is 6.42 Å². The molecule has 2 aromatic heterocycles. The maximum Gasteiger partial charge on any atom is 0.242 e. The van der Waals surface area contributed by atoms with Crippen molar-refractivity contribution in [3.05, 3.63) is 45.5 Å². The van der Waals surface area contributed by atoms with E-state index < -0.39 is 0 Å². The van der Waals surface area contributed by atoms with E-state index in [2.05, 4.69) is 20.9 Å². The number of ether oxygens (including phenoxy) is 1. The number of halogens is 1. The smallest absolute Gasteiger partial charge is 0.242 e. The molecule has 0 atom stereocenters. The molecule has 4 nitrogen and oxygen atoms in total. The predicted molar refractivity (Wildman–Crippen MR) is 84.8 cm³/mol. The Morgan fingerprint density at radius 2 is 2.30 bits per heavy atom. The number of hydrogen-bond donors (Lipinski definition) is 1. The van der Waals surface area contributed by atoms with Crippen LogP contribution < -0.4 is 10.5 Å². The van der Waals surface area contributed by atoms with Crippen molar-refractivity contribution in [2.75, 3.05) is 6.54 Å². The summed E-state index contributed by atoms with van der Waals surface area (Å²) in [4.78, 5) is 5.47. The number of nitrogens with zero attached hydrogens (tertiary/aromatic N) is 2. The predicted octanol–water partition coefficient (Wildman–Crippen LogP) is 3.76. The van der Waals surface area contributed by atoms with Gasteiger partial charge in [-0.15, -0.1) is 11.3 Å². The highest BCUT2D eigenvalue weighted by Crippen LogP contribution is 2.31. The number of rotatable bonds is 4. The maximum atomic E-state index is 5.99. The summed E-state index contributed by atoms with van der Waals surface area (Å²) in [5.74, 6) is 1.46. The molecule has 0 fully saturated rings. The molecule has 2 N–H and O–H groups in total. The molecular formula is C14H14BrN3OS. The number of aromatic nitrogens is 2. The first-order valence-corrected chi connectivity index (χ1v) is 7.95. The molecule has 3 aromatic rings. The Kier molecular flexibility index (Phi) is 3.78. The SMILES string of the molecule is Cc1cc(Br)ccc1Oc1nc2sccn2c1CCN. The fourth-order valence-corrected chi connectivity index (χ4v) is 3.29. The van der Waals surface area contributed by atoms with Crippen LogP contribution in [0.2, 0.25) is 0 Å². The fraction of sp³-hybridized carbons (Fsp3) is 0.214. The molecule has 3 rings (SSSR count). The van der Waals surface area contributed by atoms with E-state index in [9.17, 15) is 0 Å². The minimum absolute atomic E-state index is 0.569. The average molecular weight is 352 g/mol. The molecule has 6 heteroatoms. The number of imidazole rings is 1. The van der Waals surface area contributed by atoms with Gasteiger partial charge in [-0.2, -0.15) is 4.98 Å². The van der Waals surface area contributed by atoms with Crippen molar-refractivity contribution in [2.24, 2.45) is 5.73 Å². The Hall–Kier alpha value is -1.37. The summed E-state index contributed by atoms with van der Waals surface area (Å²) in [6.45, 7) is 2.58. The highest BCUT2D eigenvalue weighted by atomic mass is 79.9. The topological polar surface area (TPSA) is 52.5 Å². The van der Waals surface area contributed by atoms with Crippen LogP contribution in [0.5, 0.6) is 11.6 Å². The lowest BCUT2D eigenvalue weighted by Gasteiger charge is -2.08. The minimum atomic E-state index is 0.569. The maximum absolute atomic E-state index is 5.99. The van der Waals surface area contributed by atoms with Gasteiger partial charge in [0.2, 0.25) is 5.88 Å². The van der Waals surface area contributed by atoms with Crippen LogP contribution >= 0.6 is 27.3 Å². The van der Waals surface area contributed by atoms with E-state index in [1.165, 1.54) is 0 Å². The van der Waals surface area contributed by atoms with E-state index in [0.29, 0.717) is 12.4 Å². The molecule has 0 spiro atoms. The highest BCUT2D eigenvalue weighted by Gasteiger charge is 2.15. The lowest BCUT2D eigenvalue weighted by atomic mass is 10.2. The molecule has 1 aromatic carbocycles. The molecule has 0 bridgehead atoms. The molecule has 0 aliphatic carbocycles. The van der Waals surface area contributed by atoms with Gasteiger partial charge in [-0.3, -0.25) is 4.40 Å². The lowest BCUT2D eigenvalue weighted by Crippen LogP contribution is -2.05. The zero-order valence-corrected chi connectivity index (χ0v) is 13.4. The first-order chi connectivity index (χ1) is 9.69. The molecule has 104 valence electrons. The summed E-state index contributed by atoms with van der Waals surface area (Å²) in [5, 5.41) is 2.01. The fourth-order valence-electron chi connectivity index (χ4n) is 2.09. The third kappa shape index (κ3) is 2.46. The van der Waals surface area contributed by atoms with Crippen LogP contribution in [0.25, 0.3) is 4.96 Å².